The summed E-state index contributed by atoms with van der Waals surface area (Å²) in [7, 11) is 0. The van der Waals surface area contributed by atoms with Crippen LogP contribution in [-0.4, -0.2) is 24.0 Å². The summed E-state index contributed by atoms with van der Waals surface area (Å²) in [6.45, 7) is 1.79. The van der Waals surface area contributed by atoms with Gasteiger partial charge in [-0.25, -0.2) is 20.4 Å². The Morgan fingerprint density at radius 1 is 1.29 bits per heavy atom. The minimum atomic E-state index is -0.778. The lowest BCUT2D eigenvalue weighted by Crippen LogP contribution is -2.27. The Kier molecular flexibility index (Phi) is 5.43. The molecule has 6 N–H and O–H groups in total. The maximum atomic E-state index is 10.3. The van der Waals surface area contributed by atoms with E-state index in [1.165, 1.54) is 6.21 Å². The number of rotatable bonds is 4. The Morgan fingerprint density at radius 2 is 1.86 bits per heavy atom. The predicted molar refractivity (Wildman–Crippen MR) is 51.7 cm³/mol. The Balaban J connectivity index is 4.13. The van der Waals surface area contributed by atoms with E-state index in [9.17, 15) is 9.59 Å². The zero-order chi connectivity index (χ0) is 11.0. The highest BCUT2D eigenvalue weighted by Crippen LogP contribution is 1.80. The lowest BCUT2D eigenvalue weighted by atomic mass is 10.3. The van der Waals surface area contributed by atoms with Gasteiger partial charge >= 0.3 is 12.1 Å². The summed E-state index contributed by atoms with van der Waals surface area (Å²) in [6, 6.07) is -1.55. The van der Waals surface area contributed by atoms with Crippen molar-refractivity contribution in [2.24, 2.45) is 21.7 Å². The van der Waals surface area contributed by atoms with Crippen molar-refractivity contribution in [1.29, 1.82) is 0 Å². The van der Waals surface area contributed by atoms with Crippen LogP contribution in [0, 0.1) is 0 Å². The van der Waals surface area contributed by atoms with Crippen LogP contribution in [0.2, 0.25) is 0 Å². The number of hydrogen-bond acceptors (Lipinski definition) is 4. The number of hydrogen-bond donors (Lipinski definition) is 4. The van der Waals surface area contributed by atoms with E-state index in [4.69, 9.17) is 11.5 Å². The molecule has 0 heterocycles. The number of carbonyl (C=O) groups excluding carboxylic acids is 2. The van der Waals surface area contributed by atoms with E-state index >= 15 is 0 Å². The molecule has 0 fully saturated rings. The predicted octanol–water partition coefficient (Wildman–Crippen LogP) is -0.925. The first-order chi connectivity index (χ1) is 6.56. The van der Waals surface area contributed by atoms with Gasteiger partial charge in [0.15, 0.2) is 0 Å². The zero-order valence-corrected chi connectivity index (χ0v) is 7.65. The Morgan fingerprint density at radius 3 is 2.29 bits per heavy atom. The number of urea groups is 2. The molecule has 0 aliphatic rings. The lowest BCUT2D eigenvalue weighted by molar-refractivity contribution is 0.248. The number of carbonyl (C=O) groups is 2. The second-order valence-corrected chi connectivity index (χ2v) is 2.17. The minimum Gasteiger partial charge on any atom is -0.350 e. The van der Waals surface area contributed by atoms with Crippen LogP contribution in [0.3, 0.4) is 0 Å². The Hall–Kier alpha value is -2.12. The molecule has 8 heteroatoms. The molecule has 0 aliphatic carbocycles. The highest BCUT2D eigenvalue weighted by atomic mass is 16.2. The van der Waals surface area contributed by atoms with Gasteiger partial charge in [-0.05, 0) is 6.42 Å². The first-order valence-electron chi connectivity index (χ1n) is 3.76. The molecule has 0 atom stereocenters. The average Bonchev–Trinajstić information content (AvgIpc) is 2.10. The van der Waals surface area contributed by atoms with E-state index in [1.807, 2.05) is 10.9 Å². The molecular weight excluding hydrogens is 188 g/mol. The average molecular weight is 200 g/mol. The molecule has 0 aromatic heterocycles. The van der Waals surface area contributed by atoms with Crippen molar-refractivity contribution in [3.63, 3.8) is 0 Å². The normalized spacial score (nSPS) is 11.4. The van der Waals surface area contributed by atoms with Gasteiger partial charge in [-0.1, -0.05) is 6.92 Å². The monoisotopic (exact) mass is 200 g/mol. The van der Waals surface area contributed by atoms with Crippen molar-refractivity contribution in [3.05, 3.63) is 0 Å². The molecule has 8 nitrogen and oxygen atoms in total. The summed E-state index contributed by atoms with van der Waals surface area (Å²) < 4.78 is 0. The van der Waals surface area contributed by atoms with Crippen LogP contribution in [0.25, 0.3) is 0 Å². The van der Waals surface area contributed by atoms with Gasteiger partial charge in [0.2, 0.25) is 0 Å². The summed E-state index contributed by atoms with van der Waals surface area (Å²) in [5, 5.41) is 7.04. The van der Waals surface area contributed by atoms with E-state index in [0.717, 1.165) is 0 Å². The molecule has 14 heavy (non-hydrogen) atoms. The van der Waals surface area contributed by atoms with Crippen molar-refractivity contribution in [2.45, 2.75) is 13.3 Å². The lowest BCUT2D eigenvalue weighted by Gasteiger charge is -1.96. The maximum absolute atomic E-state index is 10.3. The smallest absolute Gasteiger partial charge is 0.332 e. The summed E-state index contributed by atoms with van der Waals surface area (Å²) >= 11 is 0. The van der Waals surface area contributed by atoms with Gasteiger partial charge < -0.3 is 11.5 Å². The minimum absolute atomic E-state index is 0.442. The molecule has 0 bridgehead atoms. The van der Waals surface area contributed by atoms with Crippen molar-refractivity contribution in [3.8, 4) is 0 Å². The van der Waals surface area contributed by atoms with Crippen molar-refractivity contribution in [2.75, 3.05) is 0 Å². The molecule has 4 amide bonds. The SMILES string of the molecule is CCC(C=NNC(N)=O)=NNC(N)=O. The van der Waals surface area contributed by atoms with Gasteiger partial charge in [-0.3, -0.25) is 0 Å². The first-order valence-corrected chi connectivity index (χ1v) is 3.76. The zero-order valence-electron chi connectivity index (χ0n) is 7.65. The number of amides is 4. The molecule has 0 spiro atoms. The number of nitrogens with zero attached hydrogens (tertiary/aromatic N) is 2. The third-order valence-corrected chi connectivity index (χ3v) is 1.06. The topological polar surface area (TPSA) is 135 Å². The van der Waals surface area contributed by atoms with E-state index in [0.29, 0.717) is 12.1 Å². The molecule has 0 saturated carbocycles. The van der Waals surface area contributed by atoms with Crippen LogP contribution in [0.5, 0.6) is 0 Å². The molecule has 0 aromatic carbocycles. The molecule has 0 rings (SSSR count). The van der Waals surface area contributed by atoms with E-state index in [2.05, 4.69) is 10.2 Å². The maximum Gasteiger partial charge on any atom is 0.332 e. The van der Waals surface area contributed by atoms with Crippen molar-refractivity contribution in [1.82, 2.24) is 10.9 Å². The summed E-state index contributed by atoms with van der Waals surface area (Å²) in [5.41, 5.74) is 14.0. The highest BCUT2D eigenvalue weighted by molar-refractivity contribution is 6.30. The molecule has 78 valence electrons. The molecule has 0 saturated heterocycles. The standard InChI is InChI=1S/C6H12N6O2/c1-2-4(10-12-6(8)14)3-9-11-5(7)13/h3H,2H2,1H3,(H3,7,11,13)(H3,8,12,14). The largest absolute Gasteiger partial charge is 0.350 e. The number of nitrogens with one attached hydrogen (secondary N) is 2. The summed E-state index contributed by atoms with van der Waals surface area (Å²) in [4.78, 5) is 20.5. The van der Waals surface area contributed by atoms with Crippen LogP contribution in [0.1, 0.15) is 13.3 Å². The highest BCUT2D eigenvalue weighted by Gasteiger charge is 1.93. The van der Waals surface area contributed by atoms with E-state index in [-0.39, 0.29) is 0 Å². The molecule has 0 aromatic rings. The fourth-order valence-electron chi connectivity index (χ4n) is 0.497. The van der Waals surface area contributed by atoms with Crippen LogP contribution >= 0.6 is 0 Å². The fourth-order valence-corrected chi connectivity index (χ4v) is 0.497. The first kappa shape index (κ1) is 11.9. The van der Waals surface area contributed by atoms with Gasteiger partial charge in [0.25, 0.3) is 0 Å². The van der Waals surface area contributed by atoms with Crippen LogP contribution in [0.4, 0.5) is 9.59 Å². The summed E-state index contributed by atoms with van der Waals surface area (Å²) in [6.07, 6.45) is 1.77. The van der Waals surface area contributed by atoms with E-state index in [1.54, 1.807) is 6.92 Å². The molecule has 0 unspecified atom stereocenters. The number of hydrazone groups is 2. The van der Waals surface area contributed by atoms with Gasteiger partial charge in [0, 0.05) is 0 Å². The second-order valence-electron chi connectivity index (χ2n) is 2.17. The number of nitrogens with two attached hydrogens (primary N) is 2. The third-order valence-electron chi connectivity index (χ3n) is 1.06. The number of primary amides is 2. The van der Waals surface area contributed by atoms with Crippen LogP contribution in [-0.2, 0) is 0 Å². The second kappa shape index (κ2) is 6.40. The summed E-state index contributed by atoms with van der Waals surface area (Å²) in [5.74, 6) is 0. The third kappa shape index (κ3) is 6.58. The molecular formula is C6H12N6O2. The Labute approximate surface area is 80.4 Å². The molecule has 0 radical (unpaired) electrons. The van der Waals surface area contributed by atoms with Crippen molar-refractivity contribution < 1.29 is 9.59 Å². The van der Waals surface area contributed by atoms with Crippen LogP contribution in [0.15, 0.2) is 10.2 Å². The quantitative estimate of drug-likeness (QED) is 0.344. The molecule has 0 aliphatic heterocycles. The van der Waals surface area contributed by atoms with Gasteiger partial charge in [-0.15, -0.1) is 0 Å². The Bertz CT molecular complexity index is 271. The van der Waals surface area contributed by atoms with Crippen LogP contribution < -0.4 is 22.3 Å². The van der Waals surface area contributed by atoms with E-state index < -0.39 is 12.1 Å². The van der Waals surface area contributed by atoms with Crippen molar-refractivity contribution >= 4 is 24.0 Å². The fraction of sp³-hybridized carbons (Fsp3) is 0.333. The van der Waals surface area contributed by atoms with Gasteiger partial charge in [0.1, 0.15) is 0 Å². The van der Waals surface area contributed by atoms with Gasteiger partial charge in [0.05, 0.1) is 11.9 Å². The van der Waals surface area contributed by atoms with Gasteiger partial charge in [-0.2, -0.15) is 10.2 Å².